The highest BCUT2D eigenvalue weighted by molar-refractivity contribution is 6.42. The van der Waals surface area contributed by atoms with Crippen molar-refractivity contribution in [3.63, 3.8) is 0 Å². The van der Waals surface area contributed by atoms with E-state index in [0.29, 0.717) is 22.1 Å². The van der Waals surface area contributed by atoms with Crippen molar-refractivity contribution in [2.24, 2.45) is 0 Å². The summed E-state index contributed by atoms with van der Waals surface area (Å²) in [4.78, 5) is 23.2. The third kappa shape index (κ3) is 4.88. The summed E-state index contributed by atoms with van der Waals surface area (Å²) in [6.07, 6.45) is -0.768. The molecule has 24 heavy (non-hydrogen) atoms. The smallest absolute Gasteiger partial charge is 0.265 e. The highest BCUT2D eigenvalue weighted by Crippen LogP contribution is 2.32. The SMILES string of the molecule is CC(=O)Nc1ccc(NC(=O)[C@@H](C)Oc2cccc(Cl)c2Cl)cc1. The first-order valence-electron chi connectivity index (χ1n) is 7.16. The molecule has 0 aromatic heterocycles. The zero-order valence-electron chi connectivity index (χ0n) is 13.1. The number of nitrogens with one attached hydrogen (secondary N) is 2. The minimum Gasteiger partial charge on any atom is -0.479 e. The van der Waals surface area contributed by atoms with Gasteiger partial charge >= 0.3 is 0 Å². The van der Waals surface area contributed by atoms with Gasteiger partial charge in [0.1, 0.15) is 10.8 Å². The van der Waals surface area contributed by atoms with Gasteiger partial charge in [0.05, 0.1) is 5.02 Å². The average Bonchev–Trinajstić information content (AvgIpc) is 2.53. The zero-order chi connectivity index (χ0) is 17.7. The second kappa shape index (κ2) is 8.04. The average molecular weight is 367 g/mol. The summed E-state index contributed by atoms with van der Waals surface area (Å²) in [5, 5.41) is 5.99. The molecule has 0 saturated carbocycles. The predicted molar refractivity (Wildman–Crippen MR) is 95.9 cm³/mol. The van der Waals surface area contributed by atoms with E-state index in [9.17, 15) is 9.59 Å². The van der Waals surface area contributed by atoms with E-state index in [2.05, 4.69) is 10.6 Å². The van der Waals surface area contributed by atoms with Gasteiger partial charge in [0, 0.05) is 18.3 Å². The Labute approximate surface area is 149 Å². The van der Waals surface area contributed by atoms with Crippen LogP contribution in [0.2, 0.25) is 10.0 Å². The molecule has 0 heterocycles. The van der Waals surface area contributed by atoms with Gasteiger partial charge in [0.2, 0.25) is 5.91 Å². The monoisotopic (exact) mass is 366 g/mol. The third-order valence-corrected chi connectivity index (χ3v) is 3.86. The molecule has 7 heteroatoms. The van der Waals surface area contributed by atoms with Crippen LogP contribution in [0.3, 0.4) is 0 Å². The van der Waals surface area contributed by atoms with Crippen LogP contribution in [0.25, 0.3) is 0 Å². The van der Waals surface area contributed by atoms with Gasteiger partial charge in [-0.15, -0.1) is 0 Å². The molecule has 0 spiro atoms. The summed E-state index contributed by atoms with van der Waals surface area (Å²) in [7, 11) is 0. The molecular formula is C17H16Cl2N2O3. The number of carbonyl (C=O) groups is 2. The topological polar surface area (TPSA) is 67.4 Å². The summed E-state index contributed by atoms with van der Waals surface area (Å²) in [6, 6.07) is 11.7. The number of hydrogen-bond donors (Lipinski definition) is 2. The molecule has 0 radical (unpaired) electrons. The van der Waals surface area contributed by atoms with E-state index in [1.807, 2.05) is 0 Å². The van der Waals surface area contributed by atoms with Crippen LogP contribution in [0, 0.1) is 0 Å². The maximum absolute atomic E-state index is 12.2. The van der Waals surface area contributed by atoms with E-state index in [1.54, 1.807) is 49.4 Å². The van der Waals surface area contributed by atoms with Gasteiger partial charge in [-0.1, -0.05) is 29.3 Å². The molecule has 5 nitrogen and oxygen atoms in total. The summed E-state index contributed by atoms with van der Waals surface area (Å²) in [5.74, 6) is -0.154. The molecule has 0 saturated heterocycles. The van der Waals surface area contributed by atoms with Crippen LogP contribution < -0.4 is 15.4 Å². The van der Waals surface area contributed by atoms with E-state index in [1.165, 1.54) is 6.92 Å². The van der Waals surface area contributed by atoms with E-state index < -0.39 is 6.10 Å². The zero-order valence-corrected chi connectivity index (χ0v) is 14.6. The molecule has 0 aliphatic carbocycles. The van der Waals surface area contributed by atoms with Gasteiger partial charge in [-0.05, 0) is 43.3 Å². The van der Waals surface area contributed by atoms with Crippen LogP contribution in [0.15, 0.2) is 42.5 Å². The standard InChI is InChI=1S/C17H16Cl2N2O3/c1-10(24-15-5-3-4-14(18)16(15)19)17(23)21-13-8-6-12(7-9-13)20-11(2)22/h3-10H,1-2H3,(H,20,22)(H,21,23)/t10-/m1/s1. The molecule has 2 amide bonds. The van der Waals surface area contributed by atoms with Gasteiger partial charge in [-0.25, -0.2) is 0 Å². The Morgan fingerprint density at radius 1 is 1.00 bits per heavy atom. The number of hydrogen-bond acceptors (Lipinski definition) is 3. The van der Waals surface area contributed by atoms with Crippen molar-refractivity contribution < 1.29 is 14.3 Å². The lowest BCUT2D eigenvalue weighted by Gasteiger charge is -2.16. The van der Waals surface area contributed by atoms with Gasteiger partial charge in [-0.3, -0.25) is 9.59 Å². The van der Waals surface area contributed by atoms with Crippen molar-refractivity contribution in [2.75, 3.05) is 10.6 Å². The number of carbonyl (C=O) groups excluding carboxylic acids is 2. The molecule has 0 bridgehead atoms. The summed E-state index contributed by atoms with van der Waals surface area (Å²) >= 11 is 12.0. The molecule has 0 unspecified atom stereocenters. The number of amides is 2. The minimum atomic E-state index is -0.768. The van der Waals surface area contributed by atoms with Gasteiger partial charge in [0.25, 0.3) is 5.91 Å². The van der Waals surface area contributed by atoms with Crippen molar-refractivity contribution in [3.8, 4) is 5.75 Å². The van der Waals surface area contributed by atoms with Crippen molar-refractivity contribution >= 4 is 46.4 Å². The summed E-state index contributed by atoms with van der Waals surface area (Å²) in [6.45, 7) is 3.04. The van der Waals surface area contributed by atoms with Gasteiger partial charge in [0.15, 0.2) is 6.10 Å². The highest BCUT2D eigenvalue weighted by atomic mass is 35.5. The molecule has 0 aliphatic heterocycles. The number of halogens is 2. The molecule has 2 aromatic carbocycles. The lowest BCUT2D eigenvalue weighted by atomic mass is 10.2. The van der Waals surface area contributed by atoms with Crippen LogP contribution >= 0.6 is 23.2 Å². The van der Waals surface area contributed by atoms with Crippen LogP contribution in [-0.2, 0) is 9.59 Å². The fraction of sp³-hybridized carbons (Fsp3) is 0.176. The van der Waals surface area contributed by atoms with Gasteiger partial charge < -0.3 is 15.4 Å². The Bertz CT molecular complexity index is 748. The second-order valence-corrected chi connectivity index (χ2v) is 5.84. The fourth-order valence-corrected chi connectivity index (χ4v) is 2.24. The molecule has 1 atom stereocenters. The Balaban J connectivity index is 1.98. The second-order valence-electron chi connectivity index (χ2n) is 5.06. The third-order valence-electron chi connectivity index (χ3n) is 3.06. The maximum atomic E-state index is 12.2. The van der Waals surface area contributed by atoms with Crippen LogP contribution in [-0.4, -0.2) is 17.9 Å². The number of benzene rings is 2. The Hall–Kier alpha value is -2.24. The normalized spacial score (nSPS) is 11.5. The van der Waals surface area contributed by atoms with E-state index in [-0.39, 0.29) is 16.8 Å². The Morgan fingerprint density at radius 2 is 1.58 bits per heavy atom. The first-order chi connectivity index (χ1) is 11.4. The van der Waals surface area contributed by atoms with Crippen LogP contribution in [0.5, 0.6) is 5.75 Å². The van der Waals surface area contributed by atoms with Crippen molar-refractivity contribution in [3.05, 3.63) is 52.5 Å². The number of ether oxygens (including phenoxy) is 1. The van der Waals surface area contributed by atoms with E-state index in [0.717, 1.165) is 0 Å². The van der Waals surface area contributed by atoms with Crippen LogP contribution in [0.1, 0.15) is 13.8 Å². The lowest BCUT2D eigenvalue weighted by Crippen LogP contribution is -2.30. The van der Waals surface area contributed by atoms with E-state index >= 15 is 0 Å². The van der Waals surface area contributed by atoms with Crippen molar-refractivity contribution in [2.45, 2.75) is 20.0 Å². The number of rotatable bonds is 5. The highest BCUT2D eigenvalue weighted by Gasteiger charge is 2.17. The first-order valence-corrected chi connectivity index (χ1v) is 7.91. The first kappa shape index (κ1) is 18.1. The summed E-state index contributed by atoms with van der Waals surface area (Å²) in [5.41, 5.74) is 1.23. The maximum Gasteiger partial charge on any atom is 0.265 e. The Kier molecular flexibility index (Phi) is 6.06. The largest absolute Gasteiger partial charge is 0.479 e. The van der Waals surface area contributed by atoms with Gasteiger partial charge in [-0.2, -0.15) is 0 Å². The lowest BCUT2D eigenvalue weighted by molar-refractivity contribution is -0.122. The molecular weight excluding hydrogens is 351 g/mol. The predicted octanol–water partition coefficient (Wildman–Crippen LogP) is 4.36. The van der Waals surface area contributed by atoms with Crippen LogP contribution in [0.4, 0.5) is 11.4 Å². The minimum absolute atomic E-state index is 0.160. The van der Waals surface area contributed by atoms with Crippen molar-refractivity contribution in [1.29, 1.82) is 0 Å². The molecule has 2 aromatic rings. The molecule has 2 N–H and O–H groups in total. The van der Waals surface area contributed by atoms with Crippen molar-refractivity contribution in [1.82, 2.24) is 0 Å². The Morgan fingerprint density at radius 3 is 2.17 bits per heavy atom. The molecule has 0 aliphatic rings. The number of anilines is 2. The molecule has 126 valence electrons. The quantitative estimate of drug-likeness (QED) is 0.825. The fourth-order valence-electron chi connectivity index (χ4n) is 1.90. The van der Waals surface area contributed by atoms with E-state index in [4.69, 9.17) is 27.9 Å². The summed E-state index contributed by atoms with van der Waals surface area (Å²) < 4.78 is 5.55. The molecule has 0 fully saturated rings. The molecule has 2 rings (SSSR count).